The van der Waals surface area contributed by atoms with Crippen LogP contribution in [-0.2, 0) is 11.3 Å². The van der Waals surface area contributed by atoms with Crippen molar-refractivity contribution < 1.29 is 14.3 Å². The molecule has 2 aliphatic carbocycles. The molecule has 0 spiro atoms. The monoisotopic (exact) mass is 429 g/mol. The Balaban J connectivity index is 1.85. The van der Waals surface area contributed by atoms with E-state index in [1.165, 1.54) is 18.6 Å². The van der Waals surface area contributed by atoms with Crippen LogP contribution in [0.25, 0.3) is 10.9 Å². The molecule has 2 aromatic rings. The van der Waals surface area contributed by atoms with Gasteiger partial charge in [0, 0.05) is 24.7 Å². The van der Waals surface area contributed by atoms with Gasteiger partial charge in [0.2, 0.25) is 0 Å². The van der Waals surface area contributed by atoms with Crippen LogP contribution in [0.2, 0.25) is 0 Å². The van der Waals surface area contributed by atoms with Gasteiger partial charge in [-0.05, 0) is 37.8 Å². The molecule has 1 aromatic carbocycles. The van der Waals surface area contributed by atoms with Crippen molar-refractivity contribution in [3.05, 3.63) is 50.9 Å². The van der Waals surface area contributed by atoms with E-state index < -0.39 is 23.0 Å². The lowest BCUT2D eigenvalue weighted by atomic mass is 9.95. The molecule has 31 heavy (non-hydrogen) atoms. The van der Waals surface area contributed by atoms with Gasteiger partial charge >= 0.3 is 11.7 Å². The van der Waals surface area contributed by atoms with Gasteiger partial charge in [-0.2, -0.15) is 0 Å². The van der Waals surface area contributed by atoms with Crippen molar-refractivity contribution in [2.75, 3.05) is 5.32 Å². The predicted molar refractivity (Wildman–Crippen MR) is 117 cm³/mol. The number of carbonyl (C=O) groups is 1. The molecule has 0 bridgehead atoms. The minimum absolute atomic E-state index is 0.0571. The minimum Gasteiger partial charge on any atom is -0.478 e. The summed E-state index contributed by atoms with van der Waals surface area (Å²) >= 11 is 0. The summed E-state index contributed by atoms with van der Waals surface area (Å²) in [5.41, 5.74) is -0.310. The average Bonchev–Trinajstić information content (AvgIpc) is 3.27. The topological polar surface area (TPSA) is 93.3 Å². The van der Waals surface area contributed by atoms with Gasteiger partial charge in [0.05, 0.1) is 16.6 Å². The molecule has 7 nitrogen and oxygen atoms in total. The lowest BCUT2D eigenvalue weighted by molar-refractivity contribution is -0.131. The number of carboxylic acids is 1. The first-order valence-electron chi connectivity index (χ1n) is 11.1. The van der Waals surface area contributed by atoms with Gasteiger partial charge in [-0.25, -0.2) is 14.0 Å². The first kappa shape index (κ1) is 21.3. The maximum Gasteiger partial charge on any atom is 0.332 e. The smallest absolute Gasteiger partial charge is 0.332 e. The molecular weight excluding hydrogens is 401 g/mol. The Labute approximate surface area is 179 Å². The van der Waals surface area contributed by atoms with E-state index in [9.17, 15) is 18.8 Å². The summed E-state index contributed by atoms with van der Waals surface area (Å²) in [6.45, 7) is -0.170. The van der Waals surface area contributed by atoms with Gasteiger partial charge in [0.15, 0.2) is 0 Å². The number of aromatic nitrogens is 2. The van der Waals surface area contributed by atoms with Crippen LogP contribution in [0.3, 0.4) is 0 Å². The van der Waals surface area contributed by atoms with Gasteiger partial charge in [-0.3, -0.25) is 13.9 Å². The Bertz CT molecular complexity index is 1120. The number of hydrogen-bond acceptors (Lipinski definition) is 4. The number of anilines is 1. The van der Waals surface area contributed by atoms with Crippen LogP contribution in [0.5, 0.6) is 0 Å². The first-order valence-corrected chi connectivity index (χ1v) is 11.1. The minimum atomic E-state index is -1.16. The molecule has 0 unspecified atom stereocenters. The fourth-order valence-electron chi connectivity index (χ4n) is 4.91. The van der Waals surface area contributed by atoms with Crippen molar-refractivity contribution in [3.8, 4) is 0 Å². The van der Waals surface area contributed by atoms with Crippen LogP contribution in [0.15, 0.2) is 33.9 Å². The molecule has 1 aromatic heterocycles. The molecular formula is C23H28FN3O4. The standard InChI is InChI=1S/C23H28FN3O4/c24-18-13-17-20(14-19(18)25-15-7-2-1-3-8-15)27(16-9-4-5-10-16)23(31)26(22(17)30)12-6-11-21(28)29/h6,11,13-16,25H,1-5,7-10,12H2,(H,28,29). The highest BCUT2D eigenvalue weighted by molar-refractivity contribution is 5.82. The largest absolute Gasteiger partial charge is 0.478 e. The number of allylic oxidation sites excluding steroid dienone is 1. The summed E-state index contributed by atoms with van der Waals surface area (Å²) in [6.07, 6.45) is 11.1. The van der Waals surface area contributed by atoms with Crippen LogP contribution in [0, 0.1) is 5.82 Å². The summed E-state index contributed by atoms with van der Waals surface area (Å²) in [4.78, 5) is 37.1. The maximum atomic E-state index is 15.0. The van der Waals surface area contributed by atoms with E-state index in [2.05, 4.69) is 5.32 Å². The Kier molecular flexibility index (Phi) is 6.25. The third-order valence-electron chi connectivity index (χ3n) is 6.46. The van der Waals surface area contributed by atoms with Gasteiger partial charge in [0.25, 0.3) is 5.56 Å². The lowest BCUT2D eigenvalue weighted by Crippen LogP contribution is -2.41. The van der Waals surface area contributed by atoms with E-state index in [4.69, 9.17) is 5.11 Å². The second kappa shape index (κ2) is 9.08. The van der Waals surface area contributed by atoms with Crippen LogP contribution in [-0.4, -0.2) is 26.3 Å². The van der Waals surface area contributed by atoms with Gasteiger partial charge in [-0.15, -0.1) is 0 Å². The molecule has 1 heterocycles. The van der Waals surface area contributed by atoms with Crippen LogP contribution in [0.4, 0.5) is 10.1 Å². The molecule has 2 fully saturated rings. The van der Waals surface area contributed by atoms with E-state index in [1.807, 2.05) is 0 Å². The normalized spacial score (nSPS) is 18.2. The fourth-order valence-corrected chi connectivity index (χ4v) is 4.91. The number of rotatable bonds is 6. The van der Waals surface area contributed by atoms with E-state index in [1.54, 1.807) is 10.6 Å². The Morgan fingerprint density at radius 2 is 1.77 bits per heavy atom. The number of carboxylic acid groups (broad SMARTS) is 1. The quantitative estimate of drug-likeness (QED) is 0.682. The molecule has 4 rings (SSSR count). The second-order valence-corrected chi connectivity index (χ2v) is 8.58. The van der Waals surface area contributed by atoms with Crippen LogP contribution in [0.1, 0.15) is 63.8 Å². The third kappa shape index (κ3) is 4.43. The summed E-state index contributed by atoms with van der Waals surface area (Å²) in [5.74, 6) is -1.67. The van der Waals surface area contributed by atoms with Crippen molar-refractivity contribution in [3.63, 3.8) is 0 Å². The van der Waals surface area contributed by atoms with Gasteiger partial charge in [-0.1, -0.05) is 38.2 Å². The van der Waals surface area contributed by atoms with E-state index in [-0.39, 0.29) is 24.0 Å². The lowest BCUT2D eigenvalue weighted by Gasteiger charge is -2.25. The second-order valence-electron chi connectivity index (χ2n) is 8.58. The molecule has 0 aliphatic heterocycles. The van der Waals surface area contributed by atoms with E-state index in [0.29, 0.717) is 11.2 Å². The summed E-state index contributed by atoms with van der Waals surface area (Å²) in [7, 11) is 0. The van der Waals surface area contributed by atoms with Gasteiger partial charge in [0.1, 0.15) is 5.82 Å². The average molecular weight is 429 g/mol. The molecule has 8 heteroatoms. The van der Waals surface area contributed by atoms with Crippen LogP contribution < -0.4 is 16.6 Å². The number of nitrogens with one attached hydrogen (secondary N) is 1. The Hall–Kier alpha value is -2.90. The highest BCUT2D eigenvalue weighted by Crippen LogP contribution is 2.32. The fraction of sp³-hybridized carbons (Fsp3) is 0.522. The van der Waals surface area contributed by atoms with Crippen LogP contribution >= 0.6 is 0 Å². The zero-order chi connectivity index (χ0) is 22.0. The van der Waals surface area contributed by atoms with E-state index in [0.717, 1.165) is 62.0 Å². The predicted octanol–water partition coefficient (Wildman–Crippen LogP) is 3.80. The highest BCUT2D eigenvalue weighted by atomic mass is 19.1. The molecule has 166 valence electrons. The number of aliphatic carboxylic acids is 1. The van der Waals surface area contributed by atoms with Gasteiger partial charge < -0.3 is 10.4 Å². The van der Waals surface area contributed by atoms with Crippen molar-refractivity contribution in [2.45, 2.75) is 76.4 Å². The van der Waals surface area contributed by atoms with Crippen molar-refractivity contribution >= 4 is 22.6 Å². The van der Waals surface area contributed by atoms with Crippen molar-refractivity contribution in [2.24, 2.45) is 0 Å². The molecule has 2 N–H and O–H groups in total. The summed E-state index contributed by atoms with van der Waals surface area (Å²) < 4.78 is 17.6. The number of hydrogen-bond donors (Lipinski definition) is 2. The zero-order valence-electron chi connectivity index (χ0n) is 17.5. The third-order valence-corrected chi connectivity index (χ3v) is 6.46. The van der Waals surface area contributed by atoms with Crippen molar-refractivity contribution in [1.82, 2.24) is 9.13 Å². The molecule has 0 amide bonds. The molecule has 0 atom stereocenters. The number of nitrogens with zero attached hydrogens (tertiary/aromatic N) is 2. The Morgan fingerprint density at radius 3 is 2.45 bits per heavy atom. The van der Waals surface area contributed by atoms with Crippen molar-refractivity contribution in [1.29, 1.82) is 0 Å². The summed E-state index contributed by atoms with van der Waals surface area (Å²) in [5, 5.41) is 12.2. The highest BCUT2D eigenvalue weighted by Gasteiger charge is 2.24. The molecule has 2 saturated carbocycles. The Morgan fingerprint density at radius 1 is 1.10 bits per heavy atom. The number of benzene rings is 1. The number of fused-ring (bicyclic) bond motifs is 1. The zero-order valence-corrected chi connectivity index (χ0v) is 17.5. The number of halogens is 1. The molecule has 2 aliphatic rings. The molecule has 0 radical (unpaired) electrons. The molecule has 0 saturated heterocycles. The summed E-state index contributed by atoms with van der Waals surface area (Å²) in [6, 6.07) is 2.95. The first-order chi connectivity index (χ1) is 15.0. The van der Waals surface area contributed by atoms with E-state index >= 15 is 0 Å². The SMILES string of the molecule is O=C(O)C=CCn1c(=O)c2cc(F)c(NC3CCCCC3)cc2n(C2CCCC2)c1=O. The maximum absolute atomic E-state index is 15.0.